The van der Waals surface area contributed by atoms with Crippen molar-refractivity contribution in [2.24, 2.45) is 11.7 Å². The maximum Gasteiger partial charge on any atom is 0.113 e. The summed E-state index contributed by atoms with van der Waals surface area (Å²) in [5.41, 5.74) is 7.96. The standard InChI is InChI=1S/C14H22N2S/c1-2-10-6-5-9-14(10,15)13-16-11-7-3-4-8-12(11)17-13/h10H,2-9,15H2,1H3. The number of fused-ring (bicyclic) bond motifs is 1. The van der Waals surface area contributed by atoms with Crippen molar-refractivity contribution in [3.8, 4) is 0 Å². The fraction of sp³-hybridized carbons (Fsp3) is 0.786. The van der Waals surface area contributed by atoms with Crippen molar-refractivity contribution in [2.75, 3.05) is 0 Å². The van der Waals surface area contributed by atoms with Crippen LogP contribution in [0.2, 0.25) is 0 Å². The molecule has 0 radical (unpaired) electrons. The van der Waals surface area contributed by atoms with Gasteiger partial charge >= 0.3 is 0 Å². The van der Waals surface area contributed by atoms with Crippen LogP contribution < -0.4 is 5.73 Å². The van der Waals surface area contributed by atoms with Crippen molar-refractivity contribution in [3.05, 3.63) is 15.6 Å². The van der Waals surface area contributed by atoms with Crippen LogP contribution >= 0.6 is 11.3 Å². The van der Waals surface area contributed by atoms with Gasteiger partial charge in [-0.25, -0.2) is 4.98 Å². The lowest BCUT2D eigenvalue weighted by Gasteiger charge is -2.28. The molecule has 3 heteroatoms. The molecule has 0 aromatic carbocycles. The van der Waals surface area contributed by atoms with Crippen molar-refractivity contribution in [3.63, 3.8) is 0 Å². The van der Waals surface area contributed by atoms with Crippen LogP contribution in [-0.2, 0) is 18.4 Å². The molecule has 2 nitrogen and oxygen atoms in total. The molecule has 94 valence electrons. The molecule has 0 aliphatic heterocycles. The maximum absolute atomic E-state index is 6.70. The van der Waals surface area contributed by atoms with Gasteiger partial charge in [-0.05, 0) is 44.4 Å². The highest BCUT2D eigenvalue weighted by molar-refractivity contribution is 7.11. The highest BCUT2D eigenvalue weighted by Crippen LogP contribution is 2.45. The van der Waals surface area contributed by atoms with E-state index in [-0.39, 0.29) is 5.54 Å². The zero-order valence-corrected chi connectivity index (χ0v) is 11.5. The largest absolute Gasteiger partial charge is 0.319 e. The van der Waals surface area contributed by atoms with Crippen LogP contribution in [0.5, 0.6) is 0 Å². The van der Waals surface area contributed by atoms with E-state index in [4.69, 9.17) is 10.7 Å². The fourth-order valence-electron chi connectivity index (χ4n) is 3.50. The van der Waals surface area contributed by atoms with Gasteiger partial charge in [0.05, 0.1) is 11.2 Å². The van der Waals surface area contributed by atoms with Crippen molar-refractivity contribution in [1.82, 2.24) is 4.98 Å². The van der Waals surface area contributed by atoms with Crippen LogP contribution in [0.3, 0.4) is 0 Å². The van der Waals surface area contributed by atoms with Gasteiger partial charge in [0, 0.05) is 4.88 Å². The van der Waals surface area contributed by atoms with Gasteiger partial charge in [0.15, 0.2) is 0 Å². The second-order valence-electron chi connectivity index (χ2n) is 5.63. The summed E-state index contributed by atoms with van der Waals surface area (Å²) in [6, 6.07) is 0. The molecular weight excluding hydrogens is 228 g/mol. The third-order valence-corrected chi connectivity index (χ3v) is 5.96. The van der Waals surface area contributed by atoms with E-state index in [0.717, 1.165) is 6.42 Å². The average Bonchev–Trinajstić information content (AvgIpc) is 2.92. The summed E-state index contributed by atoms with van der Waals surface area (Å²) < 4.78 is 0. The molecule has 17 heavy (non-hydrogen) atoms. The Morgan fingerprint density at radius 3 is 2.94 bits per heavy atom. The first kappa shape index (κ1) is 11.7. The van der Waals surface area contributed by atoms with Crippen LogP contribution in [0.1, 0.15) is 61.0 Å². The van der Waals surface area contributed by atoms with Crippen molar-refractivity contribution >= 4 is 11.3 Å². The first-order valence-electron chi connectivity index (χ1n) is 7.02. The molecule has 0 saturated heterocycles. The van der Waals surface area contributed by atoms with Gasteiger partial charge in [-0.15, -0.1) is 11.3 Å². The van der Waals surface area contributed by atoms with Gasteiger partial charge < -0.3 is 5.73 Å². The summed E-state index contributed by atoms with van der Waals surface area (Å²) in [6.45, 7) is 2.27. The van der Waals surface area contributed by atoms with Crippen LogP contribution in [-0.4, -0.2) is 4.98 Å². The number of nitrogens with two attached hydrogens (primary N) is 1. The molecule has 2 atom stereocenters. The number of aryl methyl sites for hydroxylation is 2. The second kappa shape index (κ2) is 4.36. The molecule has 0 spiro atoms. The Hall–Kier alpha value is -0.410. The van der Waals surface area contributed by atoms with E-state index in [1.54, 1.807) is 0 Å². The molecule has 1 aromatic heterocycles. The van der Waals surface area contributed by atoms with Gasteiger partial charge in [0.1, 0.15) is 5.01 Å². The summed E-state index contributed by atoms with van der Waals surface area (Å²) in [7, 11) is 0. The van der Waals surface area contributed by atoms with Crippen LogP contribution in [0.4, 0.5) is 0 Å². The second-order valence-corrected chi connectivity index (χ2v) is 6.72. The fourth-order valence-corrected chi connectivity index (χ4v) is 4.86. The molecule has 2 aliphatic rings. The molecule has 2 N–H and O–H groups in total. The molecule has 0 bridgehead atoms. The molecular formula is C14H22N2S. The minimum atomic E-state index is -0.100. The lowest BCUT2D eigenvalue weighted by atomic mass is 9.86. The molecule has 2 aliphatic carbocycles. The predicted octanol–water partition coefficient (Wildman–Crippen LogP) is 3.39. The quantitative estimate of drug-likeness (QED) is 0.874. The summed E-state index contributed by atoms with van der Waals surface area (Å²) in [4.78, 5) is 6.42. The zero-order valence-electron chi connectivity index (χ0n) is 10.7. The molecule has 1 fully saturated rings. The van der Waals surface area contributed by atoms with E-state index in [0.29, 0.717) is 5.92 Å². The lowest BCUT2D eigenvalue weighted by molar-refractivity contribution is 0.314. The van der Waals surface area contributed by atoms with E-state index in [9.17, 15) is 0 Å². The van der Waals surface area contributed by atoms with E-state index in [1.807, 2.05) is 11.3 Å². The Morgan fingerprint density at radius 1 is 1.35 bits per heavy atom. The summed E-state index contributed by atoms with van der Waals surface area (Å²) in [6.07, 6.45) is 9.96. The predicted molar refractivity (Wildman–Crippen MR) is 72.3 cm³/mol. The zero-order chi connectivity index (χ0) is 11.9. The third kappa shape index (κ3) is 1.84. The van der Waals surface area contributed by atoms with Crippen LogP contribution in [0, 0.1) is 5.92 Å². The topological polar surface area (TPSA) is 38.9 Å². The number of thiazole rings is 1. The Morgan fingerprint density at radius 2 is 2.18 bits per heavy atom. The number of hydrogen-bond donors (Lipinski definition) is 1. The monoisotopic (exact) mass is 250 g/mol. The maximum atomic E-state index is 6.70. The van der Waals surface area contributed by atoms with Crippen molar-refractivity contribution in [2.45, 2.75) is 63.8 Å². The molecule has 1 aromatic rings. The molecule has 2 unspecified atom stereocenters. The minimum Gasteiger partial charge on any atom is -0.319 e. The Kier molecular flexibility index (Phi) is 2.99. The van der Waals surface area contributed by atoms with Gasteiger partial charge in [-0.3, -0.25) is 0 Å². The van der Waals surface area contributed by atoms with Crippen LogP contribution in [0.15, 0.2) is 0 Å². The number of aromatic nitrogens is 1. The molecule has 1 heterocycles. The number of nitrogens with zero attached hydrogens (tertiary/aromatic N) is 1. The highest BCUT2D eigenvalue weighted by Gasteiger charge is 2.42. The first-order valence-corrected chi connectivity index (χ1v) is 7.83. The molecule has 0 amide bonds. The van der Waals surface area contributed by atoms with E-state index < -0.39 is 0 Å². The molecule has 3 rings (SSSR count). The van der Waals surface area contributed by atoms with E-state index in [1.165, 1.54) is 60.5 Å². The SMILES string of the molecule is CCC1CCCC1(N)c1nc2c(s1)CCCC2. The third-order valence-electron chi connectivity index (χ3n) is 4.61. The van der Waals surface area contributed by atoms with Crippen LogP contribution in [0.25, 0.3) is 0 Å². The summed E-state index contributed by atoms with van der Waals surface area (Å²) in [5, 5.41) is 1.24. The van der Waals surface area contributed by atoms with Gasteiger partial charge in [-0.1, -0.05) is 19.8 Å². The Balaban J connectivity index is 1.95. The molecule has 1 saturated carbocycles. The lowest BCUT2D eigenvalue weighted by Crippen LogP contribution is -2.40. The van der Waals surface area contributed by atoms with Gasteiger partial charge in [0.2, 0.25) is 0 Å². The minimum absolute atomic E-state index is 0.100. The average molecular weight is 250 g/mol. The van der Waals surface area contributed by atoms with Crippen molar-refractivity contribution < 1.29 is 0 Å². The van der Waals surface area contributed by atoms with E-state index in [2.05, 4.69) is 6.92 Å². The summed E-state index contributed by atoms with van der Waals surface area (Å²) in [5.74, 6) is 0.648. The highest BCUT2D eigenvalue weighted by atomic mass is 32.1. The van der Waals surface area contributed by atoms with E-state index >= 15 is 0 Å². The normalized spacial score (nSPS) is 32.7. The van der Waals surface area contributed by atoms with Gasteiger partial charge in [-0.2, -0.15) is 0 Å². The Labute approximate surface area is 108 Å². The smallest absolute Gasteiger partial charge is 0.113 e. The number of rotatable bonds is 2. The van der Waals surface area contributed by atoms with Crippen molar-refractivity contribution in [1.29, 1.82) is 0 Å². The number of hydrogen-bond acceptors (Lipinski definition) is 3. The Bertz CT molecular complexity index is 389. The van der Waals surface area contributed by atoms with Gasteiger partial charge in [0.25, 0.3) is 0 Å². The summed E-state index contributed by atoms with van der Waals surface area (Å²) >= 11 is 1.91. The first-order chi connectivity index (χ1) is 8.24.